The summed E-state index contributed by atoms with van der Waals surface area (Å²) in [6, 6.07) is 4.16. The number of hydrogen-bond acceptors (Lipinski definition) is 6. The third-order valence-electron chi connectivity index (χ3n) is 3.52. The molecule has 27 heavy (non-hydrogen) atoms. The predicted molar refractivity (Wildman–Crippen MR) is 95.9 cm³/mol. The number of alkyl carbamates (subject to hydrolysis) is 1. The Morgan fingerprint density at radius 1 is 1.30 bits per heavy atom. The lowest BCUT2D eigenvalue weighted by Crippen LogP contribution is -2.46. The van der Waals surface area contributed by atoms with E-state index in [-0.39, 0.29) is 36.7 Å². The number of imide groups is 1. The molecule has 1 aliphatic heterocycles. The summed E-state index contributed by atoms with van der Waals surface area (Å²) in [4.78, 5) is 34.3. The summed E-state index contributed by atoms with van der Waals surface area (Å²) in [5, 5.41) is 7.59. The topological polar surface area (TPSA) is 106 Å². The standard InChI is InChI=1S/C18H24FN3O5/c1-18(2,3)27-17(25)21-9-8-20-13-5-4-11(10-12(13)19)26-14-6-7-15(23)22-16(14)24/h4-5,10,14,20H,6-9H2,1-3H3,(H,21,25)(H,22,23,24). The van der Waals surface area contributed by atoms with Crippen LogP contribution in [-0.4, -0.2) is 42.7 Å². The zero-order valence-corrected chi connectivity index (χ0v) is 15.6. The van der Waals surface area contributed by atoms with Crippen molar-refractivity contribution in [2.45, 2.75) is 45.3 Å². The largest absolute Gasteiger partial charge is 0.480 e. The summed E-state index contributed by atoms with van der Waals surface area (Å²) < 4.78 is 24.7. The van der Waals surface area contributed by atoms with Crippen molar-refractivity contribution in [2.75, 3.05) is 18.4 Å². The summed E-state index contributed by atoms with van der Waals surface area (Å²) in [6.07, 6.45) is -0.928. The van der Waals surface area contributed by atoms with Crippen LogP contribution in [0, 0.1) is 5.82 Å². The fourth-order valence-corrected chi connectivity index (χ4v) is 2.34. The Kier molecular flexibility index (Phi) is 6.59. The molecular weight excluding hydrogens is 357 g/mol. The first-order valence-corrected chi connectivity index (χ1v) is 8.65. The average molecular weight is 381 g/mol. The van der Waals surface area contributed by atoms with Gasteiger partial charge in [0.2, 0.25) is 5.91 Å². The smallest absolute Gasteiger partial charge is 0.407 e. The normalized spacial score (nSPS) is 17.1. The van der Waals surface area contributed by atoms with E-state index in [0.717, 1.165) is 6.07 Å². The number of piperidine rings is 1. The molecule has 1 aliphatic rings. The Hall–Kier alpha value is -2.84. The number of ether oxygens (including phenoxy) is 2. The lowest BCUT2D eigenvalue weighted by Gasteiger charge is -2.22. The minimum atomic E-state index is -0.820. The minimum Gasteiger partial charge on any atom is -0.480 e. The van der Waals surface area contributed by atoms with Crippen molar-refractivity contribution in [3.05, 3.63) is 24.0 Å². The highest BCUT2D eigenvalue weighted by molar-refractivity contribution is 5.99. The summed E-state index contributed by atoms with van der Waals surface area (Å²) in [5.74, 6) is -1.23. The molecule has 0 saturated carbocycles. The summed E-state index contributed by atoms with van der Waals surface area (Å²) in [5.41, 5.74) is -0.348. The molecular formula is C18H24FN3O5. The van der Waals surface area contributed by atoms with Crippen LogP contribution in [0.1, 0.15) is 33.6 Å². The maximum Gasteiger partial charge on any atom is 0.407 e. The highest BCUT2D eigenvalue weighted by Crippen LogP contribution is 2.23. The third-order valence-corrected chi connectivity index (χ3v) is 3.52. The van der Waals surface area contributed by atoms with Crippen molar-refractivity contribution in [2.24, 2.45) is 0 Å². The number of hydrogen-bond donors (Lipinski definition) is 3. The molecule has 1 saturated heterocycles. The number of nitrogens with one attached hydrogen (secondary N) is 3. The van der Waals surface area contributed by atoms with E-state index in [1.165, 1.54) is 12.1 Å². The molecule has 2 rings (SSSR count). The second kappa shape index (κ2) is 8.70. The molecule has 9 heteroatoms. The van der Waals surface area contributed by atoms with Crippen molar-refractivity contribution < 1.29 is 28.2 Å². The van der Waals surface area contributed by atoms with Gasteiger partial charge in [-0.1, -0.05) is 0 Å². The van der Waals surface area contributed by atoms with Gasteiger partial charge in [0.05, 0.1) is 5.69 Å². The van der Waals surface area contributed by atoms with Gasteiger partial charge in [0.1, 0.15) is 17.2 Å². The highest BCUT2D eigenvalue weighted by atomic mass is 19.1. The van der Waals surface area contributed by atoms with Crippen LogP contribution in [0.15, 0.2) is 18.2 Å². The van der Waals surface area contributed by atoms with Crippen molar-refractivity contribution in [3.8, 4) is 5.75 Å². The van der Waals surface area contributed by atoms with Crippen molar-refractivity contribution in [3.63, 3.8) is 0 Å². The molecule has 0 aromatic heterocycles. The second-order valence-electron chi connectivity index (χ2n) is 7.05. The Balaban J connectivity index is 1.80. The third kappa shape index (κ3) is 6.76. The van der Waals surface area contributed by atoms with Crippen LogP contribution in [0.2, 0.25) is 0 Å². The van der Waals surface area contributed by atoms with Crippen molar-refractivity contribution >= 4 is 23.6 Å². The lowest BCUT2D eigenvalue weighted by molar-refractivity contribution is -0.138. The molecule has 8 nitrogen and oxygen atoms in total. The van der Waals surface area contributed by atoms with Crippen LogP contribution in [0.5, 0.6) is 5.75 Å². The fraction of sp³-hybridized carbons (Fsp3) is 0.500. The van der Waals surface area contributed by atoms with Crippen LogP contribution >= 0.6 is 0 Å². The summed E-state index contributed by atoms with van der Waals surface area (Å²) >= 11 is 0. The fourth-order valence-electron chi connectivity index (χ4n) is 2.34. The van der Waals surface area contributed by atoms with Gasteiger partial charge in [-0.2, -0.15) is 0 Å². The zero-order chi connectivity index (χ0) is 20.0. The lowest BCUT2D eigenvalue weighted by atomic mass is 10.1. The van der Waals surface area contributed by atoms with Gasteiger partial charge >= 0.3 is 6.09 Å². The molecule has 148 valence electrons. The van der Waals surface area contributed by atoms with Crippen molar-refractivity contribution in [1.82, 2.24) is 10.6 Å². The highest BCUT2D eigenvalue weighted by Gasteiger charge is 2.28. The van der Waals surface area contributed by atoms with Crippen molar-refractivity contribution in [1.29, 1.82) is 0 Å². The molecule has 1 aromatic carbocycles. The van der Waals surface area contributed by atoms with Gasteiger partial charge in [-0.25, -0.2) is 9.18 Å². The van der Waals surface area contributed by atoms with Crippen LogP contribution in [0.4, 0.5) is 14.9 Å². The minimum absolute atomic E-state index is 0.184. The zero-order valence-electron chi connectivity index (χ0n) is 15.6. The van der Waals surface area contributed by atoms with E-state index < -0.39 is 29.5 Å². The van der Waals surface area contributed by atoms with E-state index >= 15 is 0 Å². The monoisotopic (exact) mass is 381 g/mol. The summed E-state index contributed by atoms with van der Waals surface area (Å²) in [7, 11) is 0. The van der Waals surface area contributed by atoms with Gasteiger partial charge in [-0.15, -0.1) is 0 Å². The van der Waals surface area contributed by atoms with E-state index in [2.05, 4.69) is 16.0 Å². The number of anilines is 1. The first-order valence-electron chi connectivity index (χ1n) is 8.65. The number of rotatable bonds is 6. The van der Waals surface area contributed by atoms with E-state index in [1.54, 1.807) is 20.8 Å². The van der Waals surface area contributed by atoms with E-state index in [0.29, 0.717) is 6.54 Å². The Labute approximate surface area is 156 Å². The van der Waals surface area contributed by atoms with Gasteiger partial charge in [0, 0.05) is 32.0 Å². The van der Waals surface area contributed by atoms with Gasteiger partial charge in [0.25, 0.3) is 5.91 Å². The molecule has 1 heterocycles. The van der Waals surface area contributed by atoms with E-state index in [4.69, 9.17) is 9.47 Å². The molecule has 1 aromatic rings. The van der Waals surface area contributed by atoms with Gasteiger partial charge in [-0.3, -0.25) is 14.9 Å². The van der Waals surface area contributed by atoms with Crippen LogP contribution in [0.3, 0.4) is 0 Å². The van der Waals surface area contributed by atoms with Gasteiger partial charge in [0.15, 0.2) is 6.10 Å². The van der Waals surface area contributed by atoms with Crippen LogP contribution in [0.25, 0.3) is 0 Å². The molecule has 1 unspecified atom stereocenters. The predicted octanol–water partition coefficient (Wildman–Crippen LogP) is 1.95. The maximum atomic E-state index is 14.2. The van der Waals surface area contributed by atoms with Crippen LogP contribution < -0.4 is 20.7 Å². The number of amides is 3. The Morgan fingerprint density at radius 3 is 2.67 bits per heavy atom. The van der Waals surface area contributed by atoms with Crippen LogP contribution in [-0.2, 0) is 14.3 Å². The molecule has 0 radical (unpaired) electrons. The maximum absolute atomic E-state index is 14.2. The van der Waals surface area contributed by atoms with Gasteiger partial charge < -0.3 is 20.1 Å². The molecule has 0 aliphatic carbocycles. The molecule has 0 spiro atoms. The second-order valence-corrected chi connectivity index (χ2v) is 7.05. The van der Waals surface area contributed by atoms with E-state index in [9.17, 15) is 18.8 Å². The molecule has 1 atom stereocenters. The number of carbonyl (C=O) groups excluding carboxylic acids is 3. The molecule has 0 bridgehead atoms. The first kappa shape index (κ1) is 20.5. The average Bonchev–Trinajstić information content (AvgIpc) is 2.54. The Morgan fingerprint density at radius 2 is 2.04 bits per heavy atom. The number of carbonyl (C=O) groups is 3. The SMILES string of the molecule is CC(C)(C)OC(=O)NCCNc1ccc(OC2CCC(=O)NC2=O)cc1F. The quantitative estimate of drug-likeness (QED) is 0.514. The Bertz CT molecular complexity index is 717. The van der Waals surface area contributed by atoms with E-state index in [1.807, 2.05) is 0 Å². The molecule has 3 amide bonds. The number of benzene rings is 1. The molecule has 3 N–H and O–H groups in total. The number of halogens is 1. The first-order chi connectivity index (χ1) is 12.6. The van der Waals surface area contributed by atoms with Gasteiger partial charge in [-0.05, 0) is 32.9 Å². The summed E-state index contributed by atoms with van der Waals surface area (Å²) in [6.45, 7) is 5.84. The molecule has 1 fully saturated rings.